The summed E-state index contributed by atoms with van der Waals surface area (Å²) < 4.78 is 10.1. The first-order valence-electron chi connectivity index (χ1n) is 8.69. The fourth-order valence-corrected chi connectivity index (χ4v) is 2.99. The summed E-state index contributed by atoms with van der Waals surface area (Å²) in [5.74, 6) is -0.452. The molecule has 1 aromatic carbocycles. The molecule has 10 heteroatoms. The molecule has 2 amide bonds. The normalized spacial score (nSPS) is 10.4. The lowest BCUT2D eigenvalue weighted by molar-refractivity contribution is -0.147. The first-order chi connectivity index (χ1) is 14.0. The maximum absolute atomic E-state index is 11.9. The van der Waals surface area contributed by atoms with E-state index in [1.807, 2.05) is 17.5 Å². The Morgan fingerprint density at radius 1 is 1.17 bits per heavy atom. The van der Waals surface area contributed by atoms with E-state index in [0.29, 0.717) is 23.0 Å². The lowest BCUT2D eigenvalue weighted by atomic mass is 10.2. The van der Waals surface area contributed by atoms with Gasteiger partial charge in [0.15, 0.2) is 6.61 Å². The monoisotopic (exact) mass is 414 g/mol. The van der Waals surface area contributed by atoms with Crippen LogP contribution in [0, 0.1) is 0 Å². The number of ether oxygens (including phenoxy) is 1. The van der Waals surface area contributed by atoms with Crippen molar-refractivity contribution in [2.24, 2.45) is 0 Å². The van der Waals surface area contributed by atoms with Crippen LogP contribution in [0.3, 0.4) is 0 Å². The van der Waals surface area contributed by atoms with Crippen molar-refractivity contribution in [3.63, 3.8) is 0 Å². The number of rotatable bonds is 8. The minimum Gasteiger partial charge on any atom is -0.456 e. The second-order valence-electron chi connectivity index (χ2n) is 5.85. The molecule has 0 bridgehead atoms. The number of hydrogen-bond donors (Lipinski definition) is 2. The zero-order chi connectivity index (χ0) is 20.6. The van der Waals surface area contributed by atoms with Crippen molar-refractivity contribution in [2.75, 3.05) is 19.0 Å². The van der Waals surface area contributed by atoms with Crippen molar-refractivity contribution in [1.82, 2.24) is 15.5 Å². The number of anilines is 1. The van der Waals surface area contributed by atoms with Gasteiger partial charge < -0.3 is 19.9 Å². The van der Waals surface area contributed by atoms with Crippen LogP contribution in [0.2, 0.25) is 0 Å². The average molecular weight is 414 g/mol. The summed E-state index contributed by atoms with van der Waals surface area (Å²) in [7, 11) is 1.54. The smallest absolute Gasteiger partial charge is 0.306 e. The Morgan fingerprint density at radius 3 is 2.66 bits per heavy atom. The number of carbonyl (C=O) groups excluding carboxylic acids is 3. The molecule has 0 saturated heterocycles. The minimum absolute atomic E-state index is 0.0141. The van der Waals surface area contributed by atoms with Crippen molar-refractivity contribution in [3.8, 4) is 10.7 Å². The lowest BCUT2D eigenvalue weighted by Gasteiger charge is -2.07. The third-order valence-corrected chi connectivity index (χ3v) is 4.64. The number of nitrogens with zero attached hydrogens (tertiary/aromatic N) is 2. The van der Waals surface area contributed by atoms with E-state index in [0.717, 1.165) is 4.88 Å². The van der Waals surface area contributed by atoms with E-state index >= 15 is 0 Å². The Balaban J connectivity index is 1.40. The van der Waals surface area contributed by atoms with Gasteiger partial charge in [0.1, 0.15) is 0 Å². The van der Waals surface area contributed by atoms with Gasteiger partial charge in [-0.1, -0.05) is 11.2 Å². The van der Waals surface area contributed by atoms with Crippen LogP contribution >= 0.6 is 11.3 Å². The molecule has 0 unspecified atom stereocenters. The van der Waals surface area contributed by atoms with Crippen molar-refractivity contribution >= 4 is 34.8 Å². The fraction of sp³-hybridized carbons (Fsp3) is 0.211. The largest absolute Gasteiger partial charge is 0.456 e. The Bertz CT molecular complexity index is 982. The second kappa shape index (κ2) is 9.60. The molecule has 150 valence electrons. The molecule has 0 aliphatic heterocycles. The molecule has 3 rings (SSSR count). The molecular formula is C19H18N4O5S. The number of hydrogen-bond acceptors (Lipinski definition) is 8. The third-order valence-electron chi connectivity index (χ3n) is 3.77. The van der Waals surface area contributed by atoms with Crippen LogP contribution in [0.25, 0.3) is 10.7 Å². The van der Waals surface area contributed by atoms with Crippen molar-refractivity contribution in [3.05, 3.63) is 53.2 Å². The van der Waals surface area contributed by atoms with E-state index in [-0.39, 0.29) is 18.7 Å². The molecule has 0 fully saturated rings. The highest BCUT2D eigenvalue weighted by Crippen LogP contribution is 2.21. The predicted molar refractivity (Wildman–Crippen MR) is 105 cm³/mol. The summed E-state index contributed by atoms with van der Waals surface area (Å²) in [4.78, 5) is 40.3. The van der Waals surface area contributed by atoms with E-state index < -0.39 is 18.5 Å². The molecule has 0 aliphatic rings. The number of esters is 1. The number of amides is 2. The highest BCUT2D eigenvalue weighted by Gasteiger charge is 2.13. The molecule has 2 aromatic heterocycles. The van der Waals surface area contributed by atoms with Crippen LogP contribution in [0.15, 0.2) is 46.3 Å². The van der Waals surface area contributed by atoms with Gasteiger partial charge in [0.25, 0.3) is 11.8 Å². The maximum atomic E-state index is 11.9. The van der Waals surface area contributed by atoms with Gasteiger partial charge >= 0.3 is 5.97 Å². The number of thiophene rings is 1. The number of nitrogens with one attached hydrogen (secondary N) is 2. The summed E-state index contributed by atoms with van der Waals surface area (Å²) in [6, 6.07) is 10.1. The minimum atomic E-state index is -0.550. The van der Waals surface area contributed by atoms with Crippen molar-refractivity contribution in [2.45, 2.75) is 12.8 Å². The second-order valence-corrected chi connectivity index (χ2v) is 6.80. The van der Waals surface area contributed by atoms with Crippen LogP contribution in [0.4, 0.5) is 5.69 Å². The number of benzene rings is 1. The Labute approximate surface area is 170 Å². The van der Waals surface area contributed by atoms with Gasteiger partial charge in [-0.15, -0.1) is 11.3 Å². The topological polar surface area (TPSA) is 123 Å². The molecule has 29 heavy (non-hydrogen) atoms. The average Bonchev–Trinajstić information content (AvgIpc) is 3.42. The maximum Gasteiger partial charge on any atom is 0.306 e. The molecule has 2 heterocycles. The summed E-state index contributed by atoms with van der Waals surface area (Å²) in [5.41, 5.74) is 0.964. The molecule has 0 radical (unpaired) electrons. The Kier molecular flexibility index (Phi) is 6.69. The lowest BCUT2D eigenvalue weighted by Crippen LogP contribution is -2.21. The van der Waals surface area contributed by atoms with Gasteiger partial charge in [-0.2, -0.15) is 4.98 Å². The van der Waals surface area contributed by atoms with Gasteiger partial charge in [0.2, 0.25) is 11.7 Å². The zero-order valence-corrected chi connectivity index (χ0v) is 16.3. The zero-order valence-electron chi connectivity index (χ0n) is 15.5. The van der Waals surface area contributed by atoms with Crippen molar-refractivity contribution in [1.29, 1.82) is 0 Å². The summed E-state index contributed by atoms with van der Waals surface area (Å²) in [5, 5.41) is 10.9. The van der Waals surface area contributed by atoms with Gasteiger partial charge in [-0.25, -0.2) is 0 Å². The van der Waals surface area contributed by atoms with Gasteiger partial charge in [0, 0.05) is 24.7 Å². The van der Waals surface area contributed by atoms with Crippen LogP contribution < -0.4 is 10.6 Å². The van der Waals surface area contributed by atoms with Gasteiger partial charge in [-0.3, -0.25) is 14.4 Å². The molecule has 0 atom stereocenters. The first-order valence-corrected chi connectivity index (χ1v) is 9.57. The summed E-state index contributed by atoms with van der Waals surface area (Å²) in [6.45, 7) is -0.416. The number of aromatic nitrogens is 2. The first kappa shape index (κ1) is 20.2. The van der Waals surface area contributed by atoms with E-state index in [2.05, 4.69) is 20.8 Å². The number of carbonyl (C=O) groups is 3. The fourth-order valence-electron chi connectivity index (χ4n) is 2.34. The Hall–Kier alpha value is -3.53. The molecule has 3 aromatic rings. The van der Waals surface area contributed by atoms with Crippen LogP contribution in [-0.4, -0.2) is 41.6 Å². The molecular weight excluding hydrogens is 396 g/mol. The highest BCUT2D eigenvalue weighted by atomic mass is 32.1. The predicted octanol–water partition coefficient (Wildman–Crippen LogP) is 2.27. The third kappa shape index (κ3) is 5.72. The van der Waals surface area contributed by atoms with Gasteiger partial charge in [-0.05, 0) is 35.7 Å². The van der Waals surface area contributed by atoms with E-state index in [1.54, 1.807) is 24.3 Å². The summed E-state index contributed by atoms with van der Waals surface area (Å²) >= 11 is 1.49. The standard InChI is InChI=1S/C19H18N4O5S/c1-20-19(26)12-4-6-13(7-5-12)21-15(24)11-27-17(25)9-8-16-22-18(23-28-16)14-3-2-10-29-14/h2-7,10H,8-9,11H2,1H3,(H,20,26)(H,21,24). The van der Waals surface area contributed by atoms with Crippen LogP contribution in [0.5, 0.6) is 0 Å². The highest BCUT2D eigenvalue weighted by molar-refractivity contribution is 7.13. The SMILES string of the molecule is CNC(=O)c1ccc(NC(=O)COC(=O)CCc2nc(-c3cccs3)no2)cc1. The molecule has 9 nitrogen and oxygen atoms in total. The number of aryl methyl sites for hydroxylation is 1. The van der Waals surface area contributed by atoms with Crippen LogP contribution in [0.1, 0.15) is 22.7 Å². The molecule has 2 N–H and O–H groups in total. The van der Waals surface area contributed by atoms with E-state index in [9.17, 15) is 14.4 Å². The quantitative estimate of drug-likeness (QED) is 0.542. The van der Waals surface area contributed by atoms with E-state index in [4.69, 9.17) is 9.26 Å². The summed E-state index contributed by atoms with van der Waals surface area (Å²) in [6.07, 6.45) is 0.236. The molecule has 0 spiro atoms. The molecule has 0 aliphatic carbocycles. The molecule has 0 saturated carbocycles. The van der Waals surface area contributed by atoms with Crippen LogP contribution in [-0.2, 0) is 20.7 Å². The Morgan fingerprint density at radius 2 is 1.97 bits per heavy atom. The van der Waals surface area contributed by atoms with E-state index in [1.165, 1.54) is 18.4 Å². The van der Waals surface area contributed by atoms with Gasteiger partial charge in [0.05, 0.1) is 11.3 Å². The van der Waals surface area contributed by atoms with Crippen molar-refractivity contribution < 1.29 is 23.6 Å².